The molecule has 1 fully saturated rings. The highest BCUT2D eigenvalue weighted by molar-refractivity contribution is 4.71. The van der Waals surface area contributed by atoms with E-state index in [1.54, 1.807) is 0 Å². The van der Waals surface area contributed by atoms with Gasteiger partial charge in [0.25, 0.3) is 0 Å². The Labute approximate surface area is 93.5 Å². The minimum Gasteiger partial charge on any atom is -0.379 e. The molecule has 0 aromatic heterocycles. The molecule has 1 rings (SSSR count). The van der Waals surface area contributed by atoms with Gasteiger partial charge in [-0.05, 0) is 19.8 Å². The van der Waals surface area contributed by atoms with Crippen molar-refractivity contribution in [3.63, 3.8) is 0 Å². The topological polar surface area (TPSA) is 30.5 Å². The number of rotatable bonds is 8. The van der Waals surface area contributed by atoms with E-state index in [1.807, 2.05) is 6.92 Å². The van der Waals surface area contributed by atoms with Gasteiger partial charge in [-0.1, -0.05) is 19.3 Å². The quantitative estimate of drug-likeness (QED) is 0.628. The Balaban J connectivity index is 1.79. The van der Waals surface area contributed by atoms with E-state index in [4.69, 9.17) is 9.47 Å². The van der Waals surface area contributed by atoms with Crippen molar-refractivity contribution in [3.8, 4) is 0 Å². The Morgan fingerprint density at radius 3 is 2.47 bits per heavy atom. The van der Waals surface area contributed by atoms with Crippen LogP contribution >= 0.6 is 0 Å². The molecule has 0 heterocycles. The molecule has 1 aliphatic rings. The van der Waals surface area contributed by atoms with Crippen LogP contribution in [0.1, 0.15) is 39.0 Å². The Kier molecular flexibility index (Phi) is 7.88. The first-order valence-corrected chi connectivity index (χ1v) is 6.32. The number of nitrogens with one attached hydrogen (secondary N) is 1. The maximum absolute atomic E-state index is 5.44. The van der Waals surface area contributed by atoms with E-state index in [1.165, 1.54) is 32.1 Å². The summed E-state index contributed by atoms with van der Waals surface area (Å²) in [7, 11) is 0. The average molecular weight is 215 g/mol. The smallest absolute Gasteiger partial charge is 0.0701 e. The van der Waals surface area contributed by atoms with Crippen LogP contribution in [0.4, 0.5) is 0 Å². The molecule has 90 valence electrons. The Morgan fingerprint density at radius 1 is 1.00 bits per heavy atom. The zero-order valence-electron chi connectivity index (χ0n) is 9.96. The molecule has 0 bridgehead atoms. The van der Waals surface area contributed by atoms with Crippen molar-refractivity contribution in [2.24, 2.45) is 0 Å². The van der Waals surface area contributed by atoms with Crippen LogP contribution in [-0.2, 0) is 9.47 Å². The molecule has 0 atom stereocenters. The lowest BCUT2D eigenvalue weighted by Gasteiger charge is -2.22. The van der Waals surface area contributed by atoms with Gasteiger partial charge >= 0.3 is 0 Å². The molecule has 1 saturated carbocycles. The summed E-state index contributed by atoms with van der Waals surface area (Å²) in [6.07, 6.45) is 6.90. The third kappa shape index (κ3) is 6.88. The van der Waals surface area contributed by atoms with Crippen molar-refractivity contribution in [1.82, 2.24) is 5.32 Å². The Bertz CT molecular complexity index is 136. The van der Waals surface area contributed by atoms with E-state index in [0.29, 0.717) is 0 Å². The molecule has 1 N–H and O–H groups in total. The van der Waals surface area contributed by atoms with Gasteiger partial charge in [-0.15, -0.1) is 0 Å². The van der Waals surface area contributed by atoms with E-state index in [2.05, 4.69) is 5.32 Å². The maximum atomic E-state index is 5.44. The van der Waals surface area contributed by atoms with Gasteiger partial charge in [0.15, 0.2) is 0 Å². The molecule has 1 aliphatic carbocycles. The van der Waals surface area contributed by atoms with Crippen molar-refractivity contribution in [2.75, 3.05) is 33.0 Å². The van der Waals surface area contributed by atoms with Crippen LogP contribution in [0.25, 0.3) is 0 Å². The van der Waals surface area contributed by atoms with Gasteiger partial charge in [-0.25, -0.2) is 0 Å². The summed E-state index contributed by atoms with van der Waals surface area (Å²) in [5.74, 6) is 0. The predicted octanol–water partition coefficient (Wildman–Crippen LogP) is 1.96. The van der Waals surface area contributed by atoms with Crippen LogP contribution in [0.3, 0.4) is 0 Å². The zero-order valence-corrected chi connectivity index (χ0v) is 9.96. The van der Waals surface area contributed by atoms with E-state index in [-0.39, 0.29) is 0 Å². The summed E-state index contributed by atoms with van der Waals surface area (Å²) in [5.41, 5.74) is 0. The lowest BCUT2D eigenvalue weighted by molar-refractivity contribution is 0.0529. The van der Waals surface area contributed by atoms with Gasteiger partial charge < -0.3 is 14.8 Å². The van der Waals surface area contributed by atoms with Crippen LogP contribution in [0.5, 0.6) is 0 Å². The third-order valence-corrected chi connectivity index (χ3v) is 2.86. The summed E-state index contributed by atoms with van der Waals surface area (Å²) < 4.78 is 10.6. The molecule has 0 amide bonds. The lowest BCUT2D eigenvalue weighted by atomic mass is 9.96. The minimum atomic E-state index is 0.722. The van der Waals surface area contributed by atoms with Crippen LogP contribution < -0.4 is 5.32 Å². The fourth-order valence-electron chi connectivity index (χ4n) is 2.01. The van der Waals surface area contributed by atoms with Gasteiger partial charge in [-0.2, -0.15) is 0 Å². The molecule has 0 aliphatic heterocycles. The minimum absolute atomic E-state index is 0.722. The molecule has 15 heavy (non-hydrogen) atoms. The molecule has 0 aromatic rings. The van der Waals surface area contributed by atoms with E-state index >= 15 is 0 Å². The number of hydrogen-bond acceptors (Lipinski definition) is 3. The van der Waals surface area contributed by atoms with Crippen LogP contribution in [-0.4, -0.2) is 39.0 Å². The molecule has 0 radical (unpaired) electrons. The zero-order chi connectivity index (χ0) is 10.8. The second kappa shape index (κ2) is 9.13. The van der Waals surface area contributed by atoms with Crippen molar-refractivity contribution in [2.45, 2.75) is 45.1 Å². The number of hydrogen-bond donors (Lipinski definition) is 1. The van der Waals surface area contributed by atoms with Crippen molar-refractivity contribution in [3.05, 3.63) is 0 Å². The van der Waals surface area contributed by atoms with Crippen molar-refractivity contribution >= 4 is 0 Å². The average Bonchev–Trinajstić information content (AvgIpc) is 2.29. The summed E-state index contributed by atoms with van der Waals surface area (Å²) in [4.78, 5) is 0. The normalized spacial score (nSPS) is 18.2. The molecule has 0 unspecified atom stereocenters. The standard InChI is InChI=1S/C12H25NO2/c1-2-14-10-11-15-9-8-13-12-6-4-3-5-7-12/h12-13H,2-11H2,1H3. The van der Waals surface area contributed by atoms with Crippen molar-refractivity contribution < 1.29 is 9.47 Å². The second-order valence-corrected chi connectivity index (χ2v) is 4.10. The fraction of sp³-hybridized carbons (Fsp3) is 1.00. The first kappa shape index (κ1) is 12.9. The fourth-order valence-corrected chi connectivity index (χ4v) is 2.01. The first-order chi connectivity index (χ1) is 7.43. The van der Waals surface area contributed by atoms with Gasteiger partial charge in [0.05, 0.1) is 19.8 Å². The maximum Gasteiger partial charge on any atom is 0.0701 e. The number of ether oxygens (including phenoxy) is 2. The van der Waals surface area contributed by atoms with Crippen molar-refractivity contribution in [1.29, 1.82) is 0 Å². The Hall–Kier alpha value is -0.120. The third-order valence-electron chi connectivity index (χ3n) is 2.86. The van der Waals surface area contributed by atoms with E-state index in [9.17, 15) is 0 Å². The molecule has 3 nitrogen and oxygen atoms in total. The van der Waals surface area contributed by atoms with Gasteiger partial charge in [-0.3, -0.25) is 0 Å². The highest BCUT2D eigenvalue weighted by Gasteiger charge is 2.11. The predicted molar refractivity (Wildman–Crippen MR) is 62.2 cm³/mol. The largest absolute Gasteiger partial charge is 0.379 e. The molecule has 0 aromatic carbocycles. The van der Waals surface area contributed by atoms with Crippen LogP contribution in [0.15, 0.2) is 0 Å². The molecular formula is C12H25NO2. The highest BCUT2D eigenvalue weighted by atomic mass is 16.5. The van der Waals surface area contributed by atoms with Crippen LogP contribution in [0.2, 0.25) is 0 Å². The molecule has 3 heteroatoms. The SMILES string of the molecule is CCOCCOCCNC1CCCCC1. The van der Waals surface area contributed by atoms with E-state index < -0.39 is 0 Å². The molecule has 0 spiro atoms. The van der Waals surface area contributed by atoms with Gasteiger partial charge in [0.2, 0.25) is 0 Å². The summed E-state index contributed by atoms with van der Waals surface area (Å²) >= 11 is 0. The monoisotopic (exact) mass is 215 g/mol. The highest BCUT2D eigenvalue weighted by Crippen LogP contribution is 2.16. The summed E-state index contributed by atoms with van der Waals surface area (Å²) in [6, 6.07) is 0.745. The van der Waals surface area contributed by atoms with Crippen LogP contribution in [0, 0.1) is 0 Å². The van der Waals surface area contributed by atoms with E-state index in [0.717, 1.165) is 39.0 Å². The lowest BCUT2D eigenvalue weighted by Crippen LogP contribution is -2.33. The Morgan fingerprint density at radius 2 is 1.73 bits per heavy atom. The summed E-state index contributed by atoms with van der Waals surface area (Å²) in [6.45, 7) is 6.02. The second-order valence-electron chi connectivity index (χ2n) is 4.10. The first-order valence-electron chi connectivity index (χ1n) is 6.32. The van der Waals surface area contributed by atoms with Gasteiger partial charge in [0.1, 0.15) is 0 Å². The molecular weight excluding hydrogens is 190 g/mol. The molecule has 0 saturated heterocycles. The van der Waals surface area contributed by atoms with Gasteiger partial charge in [0, 0.05) is 19.2 Å². The summed E-state index contributed by atoms with van der Waals surface area (Å²) in [5, 5.41) is 3.55.